The zero-order valence-corrected chi connectivity index (χ0v) is 25.4. The number of anilines is 1. The predicted octanol–water partition coefficient (Wildman–Crippen LogP) is 9.14. The van der Waals surface area contributed by atoms with E-state index in [1.54, 1.807) is 12.1 Å². The fraction of sp³-hybridized carbons (Fsp3) is 0.452. The summed E-state index contributed by atoms with van der Waals surface area (Å²) in [6.45, 7) is 12.5. The van der Waals surface area contributed by atoms with Crippen molar-refractivity contribution in [2.75, 3.05) is 12.3 Å². The van der Waals surface area contributed by atoms with Crippen molar-refractivity contribution >= 4 is 51.2 Å². The van der Waals surface area contributed by atoms with Crippen LogP contribution < -0.4 is 10.5 Å². The van der Waals surface area contributed by atoms with Crippen LogP contribution in [-0.4, -0.2) is 29.5 Å². The van der Waals surface area contributed by atoms with Gasteiger partial charge in [0, 0.05) is 33.4 Å². The largest absolute Gasteiger partial charge is 0.488 e. The first-order valence-corrected chi connectivity index (χ1v) is 14.3. The Bertz CT molecular complexity index is 1290. The summed E-state index contributed by atoms with van der Waals surface area (Å²) in [6, 6.07) is 5.81. The fourth-order valence-corrected chi connectivity index (χ4v) is 4.29. The molecule has 0 spiro atoms. The van der Waals surface area contributed by atoms with E-state index >= 15 is 0 Å². The summed E-state index contributed by atoms with van der Waals surface area (Å²) >= 11 is 12.9. The summed E-state index contributed by atoms with van der Waals surface area (Å²) in [5.41, 5.74) is 10.1. The molecule has 2 N–H and O–H groups in total. The molecular weight excluding hydrogens is 531 g/mol. The number of ether oxygens (including phenoxy) is 2. The second kappa shape index (κ2) is 16.3. The standard InChI is InChI=1S/C31H40Cl2N4O2/c1-7-11-24(10-4)39-30-17-29-25(16-28(30)35)31(22(18-34)19-36-29)37-23(9-3)15-27(33)21(6)38-14-13-20(5)26(32)12-8-2/h8,12,15-17,19,21,24H,7,9-11,13-14,35H2,1-6H3. The quantitative estimate of drug-likeness (QED) is 0.139. The van der Waals surface area contributed by atoms with Crippen LogP contribution in [0.5, 0.6) is 5.75 Å². The van der Waals surface area contributed by atoms with E-state index in [2.05, 4.69) is 24.9 Å². The molecule has 0 aliphatic heterocycles. The molecule has 0 aliphatic carbocycles. The molecule has 210 valence electrons. The molecule has 6 nitrogen and oxygen atoms in total. The van der Waals surface area contributed by atoms with Gasteiger partial charge < -0.3 is 15.2 Å². The normalized spacial score (nSPS) is 14.8. The minimum Gasteiger partial charge on any atom is -0.488 e. The van der Waals surface area contributed by atoms with Crippen LogP contribution in [0.2, 0.25) is 0 Å². The zero-order valence-electron chi connectivity index (χ0n) is 23.9. The molecule has 0 saturated carbocycles. The maximum atomic E-state index is 9.79. The van der Waals surface area contributed by atoms with Gasteiger partial charge in [-0.3, -0.25) is 9.98 Å². The maximum absolute atomic E-state index is 9.79. The summed E-state index contributed by atoms with van der Waals surface area (Å²) in [7, 11) is 0. The molecule has 2 atom stereocenters. The Hall–Kier alpha value is -2.85. The van der Waals surface area contributed by atoms with Crippen molar-refractivity contribution in [1.29, 1.82) is 5.26 Å². The first-order chi connectivity index (χ1) is 18.7. The van der Waals surface area contributed by atoms with Crippen molar-refractivity contribution in [3.63, 3.8) is 0 Å². The average Bonchev–Trinajstić information content (AvgIpc) is 2.92. The summed E-state index contributed by atoms with van der Waals surface area (Å²) in [6.07, 6.45) is 11.0. The molecule has 2 aromatic rings. The zero-order chi connectivity index (χ0) is 28.9. The van der Waals surface area contributed by atoms with Crippen molar-refractivity contribution in [3.8, 4) is 11.8 Å². The molecule has 0 fully saturated rings. The van der Waals surface area contributed by atoms with Gasteiger partial charge in [-0.1, -0.05) is 62.0 Å². The predicted molar refractivity (Wildman–Crippen MR) is 165 cm³/mol. The monoisotopic (exact) mass is 570 g/mol. The van der Waals surface area contributed by atoms with Crippen LogP contribution >= 0.6 is 23.2 Å². The minimum absolute atomic E-state index is 0.0823. The highest BCUT2D eigenvalue weighted by molar-refractivity contribution is 6.32. The lowest BCUT2D eigenvalue weighted by Gasteiger charge is -2.19. The second-order valence-electron chi connectivity index (χ2n) is 9.35. The van der Waals surface area contributed by atoms with Gasteiger partial charge in [0.05, 0.1) is 41.3 Å². The van der Waals surface area contributed by atoms with Crippen molar-refractivity contribution in [1.82, 2.24) is 4.98 Å². The first kappa shape index (κ1) is 32.4. The van der Waals surface area contributed by atoms with Gasteiger partial charge in [-0.2, -0.15) is 5.26 Å². The average molecular weight is 572 g/mol. The van der Waals surface area contributed by atoms with E-state index in [9.17, 15) is 5.26 Å². The van der Waals surface area contributed by atoms with Crippen molar-refractivity contribution < 1.29 is 9.47 Å². The van der Waals surface area contributed by atoms with Gasteiger partial charge in [0.2, 0.25) is 0 Å². The number of aliphatic imine (C=N–C) groups is 1. The molecule has 1 heterocycles. The second-order valence-corrected chi connectivity index (χ2v) is 10.2. The Morgan fingerprint density at radius 1 is 1.26 bits per heavy atom. The van der Waals surface area contributed by atoms with Crippen LogP contribution in [0, 0.1) is 11.3 Å². The number of pyridine rings is 1. The number of nitrogen functional groups attached to an aromatic ring is 1. The summed E-state index contributed by atoms with van der Waals surface area (Å²) in [4.78, 5) is 9.32. The highest BCUT2D eigenvalue weighted by atomic mass is 35.5. The van der Waals surface area contributed by atoms with Gasteiger partial charge in [-0.15, -0.1) is 0 Å². The number of nitrogens with two attached hydrogens (primary N) is 1. The van der Waals surface area contributed by atoms with E-state index in [0.29, 0.717) is 63.8 Å². The molecule has 8 heteroatoms. The van der Waals surface area contributed by atoms with E-state index in [-0.39, 0.29) is 12.2 Å². The smallest absolute Gasteiger partial charge is 0.144 e. The Morgan fingerprint density at radius 3 is 2.62 bits per heavy atom. The molecule has 2 unspecified atom stereocenters. The van der Waals surface area contributed by atoms with Crippen LogP contribution in [0.1, 0.15) is 79.2 Å². The topological polar surface area (TPSA) is 93.5 Å². The molecule has 39 heavy (non-hydrogen) atoms. The number of hydrogen-bond donors (Lipinski definition) is 1. The van der Waals surface area contributed by atoms with Gasteiger partial charge in [0.25, 0.3) is 0 Å². The Labute approximate surface area is 243 Å². The van der Waals surface area contributed by atoms with E-state index in [0.717, 1.165) is 29.9 Å². The van der Waals surface area contributed by atoms with Gasteiger partial charge in [0.1, 0.15) is 11.8 Å². The van der Waals surface area contributed by atoms with Crippen molar-refractivity contribution in [2.45, 2.75) is 85.9 Å². The third kappa shape index (κ3) is 9.39. The van der Waals surface area contributed by atoms with E-state index in [1.807, 2.05) is 45.9 Å². The van der Waals surface area contributed by atoms with E-state index in [4.69, 9.17) is 43.4 Å². The molecule has 0 bridgehead atoms. The van der Waals surface area contributed by atoms with Gasteiger partial charge in [-0.05, 0) is 64.7 Å². The van der Waals surface area contributed by atoms with Gasteiger partial charge in [-0.25, -0.2) is 0 Å². The number of aromatic nitrogens is 1. The number of fused-ring (bicyclic) bond motifs is 1. The lowest BCUT2D eigenvalue weighted by Crippen LogP contribution is -2.15. The Morgan fingerprint density at radius 2 is 2.00 bits per heavy atom. The fourth-order valence-electron chi connectivity index (χ4n) is 3.88. The van der Waals surface area contributed by atoms with Crippen LogP contribution in [-0.2, 0) is 4.74 Å². The van der Waals surface area contributed by atoms with E-state index in [1.165, 1.54) is 6.20 Å². The van der Waals surface area contributed by atoms with Crippen LogP contribution in [0.15, 0.2) is 57.2 Å². The molecule has 0 radical (unpaired) electrons. The minimum atomic E-state index is -0.327. The molecule has 1 aromatic heterocycles. The molecule has 0 amide bonds. The molecular formula is C31H40Cl2N4O2. The SMILES string of the molecule is CC=CC(Cl)=C(C)CCOC(C)C(Cl)=CC(CC)=Nc1c(C#N)cnc2cc(OC(CC)CCC)c(N)cc12. The number of allylic oxidation sites excluding steroid dienone is 4. The molecule has 1 aromatic carbocycles. The van der Waals surface area contributed by atoms with Crippen LogP contribution in [0.25, 0.3) is 10.9 Å². The summed E-state index contributed by atoms with van der Waals surface area (Å²) < 4.78 is 12.1. The highest BCUT2D eigenvalue weighted by Crippen LogP contribution is 2.36. The lowest BCUT2D eigenvalue weighted by atomic mass is 10.1. The number of nitriles is 1. The number of benzene rings is 1. The first-order valence-electron chi connectivity index (χ1n) is 13.5. The maximum Gasteiger partial charge on any atom is 0.144 e. The molecule has 0 aliphatic rings. The number of hydrogen-bond acceptors (Lipinski definition) is 6. The lowest BCUT2D eigenvalue weighted by molar-refractivity contribution is 0.0972. The molecule has 2 rings (SSSR count). The Kier molecular flexibility index (Phi) is 13.5. The highest BCUT2D eigenvalue weighted by Gasteiger charge is 2.16. The summed E-state index contributed by atoms with van der Waals surface area (Å²) in [5, 5.41) is 11.7. The Balaban J connectivity index is 2.36. The van der Waals surface area contributed by atoms with Crippen molar-refractivity contribution in [2.24, 2.45) is 4.99 Å². The number of halogens is 2. The van der Waals surface area contributed by atoms with Crippen LogP contribution in [0.4, 0.5) is 11.4 Å². The molecule has 0 saturated heterocycles. The summed E-state index contributed by atoms with van der Waals surface area (Å²) in [5.74, 6) is 0.594. The van der Waals surface area contributed by atoms with Crippen molar-refractivity contribution in [3.05, 3.63) is 57.8 Å². The van der Waals surface area contributed by atoms with Gasteiger partial charge >= 0.3 is 0 Å². The number of rotatable bonds is 14. The number of nitrogens with zero attached hydrogens (tertiary/aromatic N) is 3. The van der Waals surface area contributed by atoms with E-state index < -0.39 is 0 Å². The van der Waals surface area contributed by atoms with Gasteiger partial charge in [0.15, 0.2) is 0 Å². The third-order valence-electron chi connectivity index (χ3n) is 6.33. The van der Waals surface area contributed by atoms with Crippen LogP contribution in [0.3, 0.4) is 0 Å². The third-order valence-corrected chi connectivity index (χ3v) is 7.19.